The molecule has 0 radical (unpaired) electrons. The van der Waals surface area contributed by atoms with E-state index in [9.17, 15) is 0 Å². The number of hydrogen-bond acceptors (Lipinski definition) is 5. The monoisotopic (exact) mass is 776 g/mol. The minimum Gasteiger partial charge on any atom is -0.354 e. The molecule has 0 saturated carbocycles. The molecule has 1 N–H and O–H groups in total. The molecule has 0 spiro atoms. The van der Waals surface area contributed by atoms with Crippen molar-refractivity contribution in [2.24, 2.45) is 0 Å². The lowest BCUT2D eigenvalue weighted by Crippen LogP contribution is -2.22. The highest BCUT2D eigenvalue weighted by Crippen LogP contribution is 2.65. The smallest absolute Gasteiger partial charge is 0.138 e. The normalized spacial score (nSPS) is 13.2. The second-order valence-corrected chi connectivity index (χ2v) is 18.7. The van der Waals surface area contributed by atoms with Crippen LogP contribution in [-0.4, -0.2) is 6.66 Å². The van der Waals surface area contributed by atoms with Gasteiger partial charge < -0.3 is 9.99 Å². The Hall–Kier alpha value is -5.96. The van der Waals surface area contributed by atoms with E-state index < -0.39 is 16.3 Å². The topological polar surface area (TPSA) is 21.8 Å². The van der Waals surface area contributed by atoms with Crippen molar-refractivity contribution in [1.82, 2.24) is 0 Å². The number of fused-ring (bicyclic) bond motifs is 4. The van der Waals surface area contributed by atoms with Gasteiger partial charge in [-0.2, -0.15) is 0 Å². The molecule has 56 heavy (non-hydrogen) atoms. The van der Waals surface area contributed by atoms with Gasteiger partial charge in [-0.05, 0) is 115 Å². The SMILES string of the molecule is C[P@](c1ccc2sc3ccc(P4N(c5ccccc5)c5ccccc5N4c4ccccc4)cc3c2c1)N(c1ccccc1)c1ccccc1Nc1ccccc1. The van der Waals surface area contributed by atoms with Crippen LogP contribution in [0.5, 0.6) is 0 Å². The highest BCUT2D eigenvalue weighted by atomic mass is 32.1. The van der Waals surface area contributed by atoms with Crippen LogP contribution in [-0.2, 0) is 0 Å². The first kappa shape index (κ1) is 34.5. The molecule has 4 nitrogen and oxygen atoms in total. The molecule has 10 rings (SSSR count). The number of nitrogens with zero attached hydrogens (tertiary/aromatic N) is 3. The average molecular weight is 777 g/mol. The van der Waals surface area contributed by atoms with Gasteiger partial charge in [-0.25, -0.2) is 0 Å². The van der Waals surface area contributed by atoms with Crippen LogP contribution < -0.4 is 29.9 Å². The second kappa shape index (κ2) is 14.9. The van der Waals surface area contributed by atoms with Gasteiger partial charge >= 0.3 is 0 Å². The summed E-state index contributed by atoms with van der Waals surface area (Å²) < 4.78 is 10.3. The molecule has 0 unspecified atom stereocenters. The van der Waals surface area contributed by atoms with Crippen molar-refractivity contribution in [2.45, 2.75) is 0 Å². The minimum atomic E-state index is -1.01. The zero-order chi connectivity index (χ0) is 37.4. The summed E-state index contributed by atoms with van der Waals surface area (Å²) in [7, 11) is -1.84. The molecule has 0 fully saturated rings. The van der Waals surface area contributed by atoms with Crippen LogP contribution in [0.2, 0.25) is 0 Å². The molecule has 8 aromatic carbocycles. The Kier molecular flexibility index (Phi) is 9.21. The number of hydrogen-bond donors (Lipinski definition) is 1. The molecule has 2 heterocycles. The Morgan fingerprint density at radius 3 is 1.68 bits per heavy atom. The first-order valence-electron chi connectivity index (χ1n) is 18.8. The summed E-state index contributed by atoms with van der Waals surface area (Å²) in [4.78, 5) is 0. The highest BCUT2D eigenvalue weighted by molar-refractivity contribution is 7.70. The Labute approximate surface area is 334 Å². The van der Waals surface area contributed by atoms with E-state index in [1.165, 1.54) is 59.2 Å². The Balaban J connectivity index is 1.10. The van der Waals surface area contributed by atoms with Gasteiger partial charge in [0.15, 0.2) is 0 Å². The predicted octanol–water partition coefficient (Wildman–Crippen LogP) is 14.2. The van der Waals surface area contributed by atoms with E-state index in [-0.39, 0.29) is 0 Å². The van der Waals surface area contributed by atoms with E-state index in [4.69, 9.17) is 0 Å². The largest absolute Gasteiger partial charge is 0.354 e. The average Bonchev–Trinajstić information content (AvgIpc) is 3.81. The van der Waals surface area contributed by atoms with Gasteiger partial charge in [0.2, 0.25) is 0 Å². The summed E-state index contributed by atoms with van der Waals surface area (Å²) in [6, 6.07) is 74.8. The predicted molar refractivity (Wildman–Crippen MR) is 247 cm³/mol. The molecule has 1 aromatic heterocycles. The Morgan fingerprint density at radius 1 is 0.518 bits per heavy atom. The third kappa shape index (κ3) is 6.29. The number of benzene rings is 8. The van der Waals surface area contributed by atoms with E-state index >= 15 is 0 Å². The van der Waals surface area contributed by atoms with E-state index in [2.05, 4.69) is 232 Å². The molecular formula is C49H38N4P2S. The lowest BCUT2D eigenvalue weighted by atomic mass is 10.1. The summed E-state index contributed by atoms with van der Waals surface area (Å²) in [6.07, 6.45) is 0. The number of anilines is 8. The zero-order valence-corrected chi connectivity index (χ0v) is 33.4. The van der Waals surface area contributed by atoms with Gasteiger partial charge in [0.25, 0.3) is 0 Å². The van der Waals surface area contributed by atoms with E-state index in [0.717, 1.165) is 17.1 Å². The number of para-hydroxylation sites is 8. The summed E-state index contributed by atoms with van der Waals surface area (Å²) in [6.45, 7) is 2.39. The fourth-order valence-corrected chi connectivity index (χ4v) is 13.1. The van der Waals surface area contributed by atoms with Crippen LogP contribution in [0.1, 0.15) is 0 Å². The van der Waals surface area contributed by atoms with Crippen molar-refractivity contribution in [2.75, 3.05) is 26.0 Å². The molecule has 7 heteroatoms. The molecule has 0 amide bonds. The van der Waals surface area contributed by atoms with Crippen molar-refractivity contribution in [3.05, 3.63) is 206 Å². The summed E-state index contributed by atoms with van der Waals surface area (Å²) in [5.41, 5.74) is 9.32. The molecule has 270 valence electrons. The molecular weight excluding hydrogens is 739 g/mol. The van der Waals surface area contributed by atoms with Gasteiger partial charge in [-0.15, -0.1) is 11.3 Å². The first-order valence-corrected chi connectivity index (χ1v) is 22.6. The van der Waals surface area contributed by atoms with Crippen LogP contribution >= 0.6 is 27.6 Å². The van der Waals surface area contributed by atoms with Crippen molar-refractivity contribution in [3.8, 4) is 0 Å². The summed E-state index contributed by atoms with van der Waals surface area (Å²) in [5, 5.41) is 8.97. The molecule has 1 atom stereocenters. The maximum atomic E-state index is 3.71. The lowest BCUT2D eigenvalue weighted by Gasteiger charge is -2.33. The van der Waals surface area contributed by atoms with Gasteiger partial charge in [-0.3, -0.25) is 9.34 Å². The maximum absolute atomic E-state index is 3.71. The third-order valence-electron chi connectivity index (χ3n) is 10.2. The third-order valence-corrected chi connectivity index (χ3v) is 15.9. The van der Waals surface area contributed by atoms with Crippen molar-refractivity contribution >= 4 is 104 Å². The zero-order valence-electron chi connectivity index (χ0n) is 30.8. The van der Waals surface area contributed by atoms with Gasteiger partial charge in [0.1, 0.15) is 8.22 Å². The summed E-state index contributed by atoms with van der Waals surface area (Å²) >= 11 is 1.88. The quantitative estimate of drug-likeness (QED) is 0.147. The van der Waals surface area contributed by atoms with Crippen LogP contribution in [0.4, 0.5) is 45.5 Å². The van der Waals surface area contributed by atoms with Crippen molar-refractivity contribution in [1.29, 1.82) is 0 Å². The molecule has 1 aliphatic heterocycles. The molecule has 9 aromatic rings. The molecule has 0 bridgehead atoms. The molecule has 1 aliphatic rings. The first-order chi connectivity index (χ1) is 27.7. The summed E-state index contributed by atoms with van der Waals surface area (Å²) in [5.74, 6) is 0. The van der Waals surface area contributed by atoms with E-state index in [1.807, 2.05) is 11.3 Å². The van der Waals surface area contributed by atoms with Crippen LogP contribution in [0, 0.1) is 0 Å². The maximum Gasteiger partial charge on any atom is 0.138 e. The van der Waals surface area contributed by atoms with Crippen LogP contribution in [0.25, 0.3) is 20.2 Å². The Bertz CT molecular complexity index is 2710. The number of nitrogens with one attached hydrogen (secondary N) is 1. The van der Waals surface area contributed by atoms with Gasteiger partial charge in [0, 0.05) is 56.3 Å². The number of thiophene rings is 1. The Morgan fingerprint density at radius 2 is 1.04 bits per heavy atom. The molecule has 0 saturated heterocycles. The van der Waals surface area contributed by atoms with E-state index in [0.29, 0.717) is 0 Å². The van der Waals surface area contributed by atoms with Crippen LogP contribution in [0.15, 0.2) is 206 Å². The minimum absolute atomic E-state index is 0.829. The van der Waals surface area contributed by atoms with Crippen molar-refractivity contribution < 1.29 is 0 Å². The van der Waals surface area contributed by atoms with E-state index in [1.54, 1.807) is 0 Å². The lowest BCUT2D eigenvalue weighted by molar-refractivity contribution is 1.40. The fourth-order valence-electron chi connectivity index (χ4n) is 7.66. The second-order valence-electron chi connectivity index (χ2n) is 13.7. The van der Waals surface area contributed by atoms with Gasteiger partial charge in [0.05, 0.1) is 22.7 Å². The van der Waals surface area contributed by atoms with Crippen LogP contribution in [0.3, 0.4) is 0 Å². The standard InChI is InChI=1S/C49H38N4P2S/c1-54(51(37-20-8-3-9-21-37)45-27-15-14-26-44(45)50-36-18-6-2-7-19-36)40-30-32-48-42(34-40)43-35-41(31-33-49(43)56-48)55-52(38-22-10-4-11-23-38)46-28-16-17-29-47(46)53(55)39-24-12-5-13-25-39/h2-35,50H,1H3/t54-/m1/s1. The fraction of sp³-hybridized carbons (Fsp3) is 0.0204. The molecule has 0 aliphatic carbocycles. The van der Waals surface area contributed by atoms with Crippen molar-refractivity contribution in [3.63, 3.8) is 0 Å². The number of rotatable bonds is 9. The highest BCUT2D eigenvalue weighted by Gasteiger charge is 2.39. The van der Waals surface area contributed by atoms with Gasteiger partial charge in [-0.1, -0.05) is 103 Å².